The Hall–Kier alpha value is -2.17. The lowest BCUT2D eigenvalue weighted by Gasteiger charge is -2.01. The molecule has 0 unspecified atom stereocenters. The first-order chi connectivity index (χ1) is 8.54. The van der Waals surface area contributed by atoms with Gasteiger partial charge in [-0.25, -0.2) is 9.78 Å². The van der Waals surface area contributed by atoms with Crippen molar-refractivity contribution in [3.8, 4) is 0 Å². The molecule has 0 N–H and O–H groups in total. The molecule has 2 rings (SSSR count). The van der Waals surface area contributed by atoms with E-state index in [2.05, 4.69) is 4.98 Å². The fourth-order valence-electron chi connectivity index (χ4n) is 1.96. The number of imidazole rings is 1. The highest BCUT2D eigenvalue weighted by atomic mass is 16.5. The number of pyridine rings is 1. The average molecular weight is 246 g/mol. The zero-order valence-electron chi connectivity index (χ0n) is 10.6. The molecule has 5 heteroatoms. The van der Waals surface area contributed by atoms with Crippen LogP contribution in [0.1, 0.15) is 28.8 Å². The molecule has 5 nitrogen and oxygen atoms in total. The van der Waals surface area contributed by atoms with E-state index in [0.717, 1.165) is 5.56 Å². The van der Waals surface area contributed by atoms with Gasteiger partial charge in [-0.05, 0) is 25.5 Å². The van der Waals surface area contributed by atoms with E-state index in [-0.39, 0.29) is 17.9 Å². The molecule has 2 aromatic rings. The van der Waals surface area contributed by atoms with Gasteiger partial charge in [0.05, 0.1) is 19.0 Å². The van der Waals surface area contributed by atoms with Gasteiger partial charge in [0.1, 0.15) is 11.6 Å². The number of hydrogen-bond donors (Lipinski definition) is 0. The first-order valence-corrected chi connectivity index (χ1v) is 5.59. The standard InChI is InChI=1S/C13H14N2O3/c1-8-5-4-6-15-10(7-9(2)16)14-11(12(8)15)13(17)18-3/h4-6H,7H2,1-3H3. The molecule has 0 aromatic carbocycles. The maximum Gasteiger partial charge on any atom is 0.358 e. The average Bonchev–Trinajstić information content (AvgIpc) is 2.68. The van der Waals surface area contributed by atoms with Crippen LogP contribution in [0.25, 0.3) is 5.52 Å². The van der Waals surface area contributed by atoms with Crippen LogP contribution in [0.2, 0.25) is 0 Å². The number of ketones is 1. The third-order valence-corrected chi connectivity index (χ3v) is 2.72. The van der Waals surface area contributed by atoms with E-state index in [1.54, 1.807) is 10.6 Å². The second-order valence-electron chi connectivity index (χ2n) is 4.16. The maximum absolute atomic E-state index is 11.7. The van der Waals surface area contributed by atoms with Crippen molar-refractivity contribution < 1.29 is 14.3 Å². The van der Waals surface area contributed by atoms with E-state index in [1.807, 2.05) is 19.1 Å². The van der Waals surface area contributed by atoms with Gasteiger partial charge < -0.3 is 9.14 Å². The molecule has 0 aliphatic rings. The minimum Gasteiger partial charge on any atom is -0.464 e. The van der Waals surface area contributed by atoms with E-state index < -0.39 is 5.97 Å². The minimum absolute atomic E-state index is 0.000165. The molecule has 0 saturated carbocycles. The van der Waals surface area contributed by atoms with Crippen LogP contribution in [0.5, 0.6) is 0 Å². The van der Waals surface area contributed by atoms with Gasteiger partial charge in [-0.3, -0.25) is 4.79 Å². The first kappa shape index (κ1) is 12.3. The second-order valence-corrected chi connectivity index (χ2v) is 4.16. The number of aromatic nitrogens is 2. The largest absolute Gasteiger partial charge is 0.464 e. The van der Waals surface area contributed by atoms with Crippen LogP contribution in [-0.2, 0) is 16.0 Å². The third-order valence-electron chi connectivity index (χ3n) is 2.72. The van der Waals surface area contributed by atoms with Crippen LogP contribution in [0.4, 0.5) is 0 Å². The number of fused-ring (bicyclic) bond motifs is 1. The zero-order valence-corrected chi connectivity index (χ0v) is 10.6. The lowest BCUT2D eigenvalue weighted by atomic mass is 10.2. The third kappa shape index (κ3) is 1.99. The molecule has 0 amide bonds. The van der Waals surface area contributed by atoms with E-state index in [0.29, 0.717) is 11.3 Å². The molecule has 94 valence electrons. The van der Waals surface area contributed by atoms with Crippen molar-refractivity contribution >= 4 is 17.3 Å². The number of esters is 1. The van der Waals surface area contributed by atoms with Gasteiger partial charge in [-0.2, -0.15) is 0 Å². The van der Waals surface area contributed by atoms with Crippen molar-refractivity contribution in [2.24, 2.45) is 0 Å². The van der Waals surface area contributed by atoms with E-state index in [1.165, 1.54) is 14.0 Å². The van der Waals surface area contributed by atoms with Crippen molar-refractivity contribution in [1.82, 2.24) is 9.38 Å². The summed E-state index contributed by atoms with van der Waals surface area (Å²) in [6.07, 6.45) is 1.99. The Balaban J connectivity index is 2.71. The molecular formula is C13H14N2O3. The Bertz CT molecular complexity index is 628. The Morgan fingerprint density at radius 1 is 1.44 bits per heavy atom. The predicted molar refractivity (Wildman–Crippen MR) is 65.7 cm³/mol. The molecule has 0 fully saturated rings. The summed E-state index contributed by atoms with van der Waals surface area (Å²) in [5.41, 5.74) is 1.87. The molecule has 0 saturated heterocycles. The van der Waals surface area contributed by atoms with Gasteiger partial charge in [-0.15, -0.1) is 0 Å². The minimum atomic E-state index is -0.489. The van der Waals surface area contributed by atoms with Crippen molar-refractivity contribution in [2.45, 2.75) is 20.3 Å². The molecule has 2 heterocycles. The fraction of sp³-hybridized carbons (Fsp3) is 0.308. The van der Waals surface area contributed by atoms with Gasteiger partial charge >= 0.3 is 5.97 Å². The van der Waals surface area contributed by atoms with E-state index in [9.17, 15) is 9.59 Å². The highest BCUT2D eigenvalue weighted by molar-refractivity contribution is 5.96. The van der Waals surface area contributed by atoms with Crippen molar-refractivity contribution in [3.05, 3.63) is 35.4 Å². The van der Waals surface area contributed by atoms with Crippen LogP contribution in [0.15, 0.2) is 18.3 Å². The van der Waals surface area contributed by atoms with Crippen LogP contribution in [0, 0.1) is 6.92 Å². The van der Waals surface area contributed by atoms with Crippen molar-refractivity contribution in [2.75, 3.05) is 7.11 Å². The number of carbonyl (C=O) groups excluding carboxylic acids is 2. The highest BCUT2D eigenvalue weighted by Gasteiger charge is 2.19. The number of carbonyl (C=O) groups is 2. The normalized spacial score (nSPS) is 10.6. The summed E-state index contributed by atoms with van der Waals surface area (Å²) in [5.74, 6) is 0.0676. The Labute approximate surface area is 104 Å². The molecule has 0 radical (unpaired) electrons. The molecular weight excluding hydrogens is 232 g/mol. The number of nitrogens with zero attached hydrogens (tertiary/aromatic N) is 2. The number of aryl methyl sites for hydroxylation is 1. The van der Waals surface area contributed by atoms with Gasteiger partial charge in [-0.1, -0.05) is 6.07 Å². The number of rotatable bonds is 3. The number of methoxy groups -OCH3 is 1. The van der Waals surface area contributed by atoms with Crippen LogP contribution < -0.4 is 0 Å². The summed E-state index contributed by atoms with van der Waals surface area (Å²) >= 11 is 0. The van der Waals surface area contributed by atoms with E-state index >= 15 is 0 Å². The summed E-state index contributed by atoms with van der Waals surface area (Å²) in [5, 5.41) is 0. The van der Waals surface area contributed by atoms with Gasteiger partial charge in [0.2, 0.25) is 0 Å². The molecule has 0 atom stereocenters. The lowest BCUT2D eigenvalue weighted by Crippen LogP contribution is -2.03. The fourth-order valence-corrected chi connectivity index (χ4v) is 1.96. The molecule has 18 heavy (non-hydrogen) atoms. The smallest absolute Gasteiger partial charge is 0.358 e. The van der Waals surface area contributed by atoms with Gasteiger partial charge in [0.15, 0.2) is 5.69 Å². The summed E-state index contributed by atoms with van der Waals surface area (Å²) in [6.45, 7) is 3.38. The molecule has 0 bridgehead atoms. The molecule has 0 spiro atoms. The quantitative estimate of drug-likeness (QED) is 0.771. The number of Topliss-reactive ketones (excluding diaryl/α,β-unsaturated/α-hetero) is 1. The summed E-state index contributed by atoms with van der Waals surface area (Å²) in [6, 6.07) is 3.75. The first-order valence-electron chi connectivity index (χ1n) is 5.59. The number of hydrogen-bond acceptors (Lipinski definition) is 4. The summed E-state index contributed by atoms with van der Waals surface area (Å²) in [4.78, 5) is 27.1. The highest BCUT2D eigenvalue weighted by Crippen LogP contribution is 2.18. The zero-order chi connectivity index (χ0) is 13.3. The van der Waals surface area contributed by atoms with Crippen molar-refractivity contribution in [1.29, 1.82) is 0 Å². The monoisotopic (exact) mass is 246 g/mol. The summed E-state index contributed by atoms with van der Waals surface area (Å²) < 4.78 is 6.48. The lowest BCUT2D eigenvalue weighted by molar-refractivity contribution is -0.116. The second kappa shape index (κ2) is 4.60. The Kier molecular flexibility index (Phi) is 3.14. The Morgan fingerprint density at radius 2 is 2.17 bits per heavy atom. The topological polar surface area (TPSA) is 60.7 Å². The van der Waals surface area contributed by atoms with E-state index in [4.69, 9.17) is 4.74 Å². The molecule has 2 aromatic heterocycles. The van der Waals surface area contributed by atoms with Crippen LogP contribution in [-0.4, -0.2) is 28.2 Å². The SMILES string of the molecule is COC(=O)c1nc(CC(C)=O)n2cccc(C)c12. The summed E-state index contributed by atoms with van der Waals surface area (Å²) in [7, 11) is 1.32. The predicted octanol–water partition coefficient (Wildman–Crippen LogP) is 1.56. The number of ether oxygens (including phenoxy) is 1. The molecule has 0 aliphatic heterocycles. The maximum atomic E-state index is 11.7. The molecule has 0 aliphatic carbocycles. The van der Waals surface area contributed by atoms with Gasteiger partial charge in [0, 0.05) is 6.20 Å². The van der Waals surface area contributed by atoms with Crippen LogP contribution >= 0.6 is 0 Å². The van der Waals surface area contributed by atoms with Crippen molar-refractivity contribution in [3.63, 3.8) is 0 Å². The van der Waals surface area contributed by atoms with Gasteiger partial charge in [0.25, 0.3) is 0 Å². The Morgan fingerprint density at radius 3 is 2.78 bits per heavy atom. The van der Waals surface area contributed by atoms with Crippen LogP contribution in [0.3, 0.4) is 0 Å².